The summed E-state index contributed by atoms with van der Waals surface area (Å²) >= 11 is 0.604. The topological polar surface area (TPSA) is 80.7 Å². The molecule has 0 aromatic heterocycles. The molecule has 0 radical (unpaired) electrons. The van der Waals surface area contributed by atoms with Gasteiger partial charge in [-0.3, -0.25) is 9.59 Å². The summed E-state index contributed by atoms with van der Waals surface area (Å²) in [6.45, 7) is 1.84. The van der Waals surface area contributed by atoms with E-state index >= 15 is 0 Å². The molecular weight excluding hydrogens is 220 g/mol. The van der Waals surface area contributed by atoms with Crippen LogP contribution in [-0.2, 0) is 19.1 Å². The molecule has 1 heterocycles. The van der Waals surface area contributed by atoms with Crippen molar-refractivity contribution >= 4 is 28.6 Å². The largest absolute Gasteiger partial charge is 0.515 e. The van der Waals surface area contributed by atoms with Crippen molar-refractivity contribution in [3.05, 3.63) is 22.8 Å². The lowest BCUT2D eigenvalue weighted by Crippen LogP contribution is -2.04. The molecule has 0 unspecified atom stereocenters. The van der Waals surface area contributed by atoms with Gasteiger partial charge in [0, 0.05) is 11.0 Å². The van der Waals surface area contributed by atoms with Crippen LogP contribution in [0.25, 0.3) is 0 Å². The molecule has 0 atom stereocenters. The molecule has 0 bridgehead atoms. The number of aliphatic hydroxyl groups is 1. The van der Waals surface area contributed by atoms with Crippen molar-refractivity contribution < 1.29 is 24.2 Å². The predicted octanol–water partition coefficient (Wildman–Crippen LogP) is 0.718. The Bertz CT molecular complexity index is 380. The van der Waals surface area contributed by atoms with Gasteiger partial charge in [0.2, 0.25) is 5.78 Å². The van der Waals surface area contributed by atoms with Gasteiger partial charge in [-0.05, 0) is 18.7 Å². The molecule has 1 saturated heterocycles. The Morgan fingerprint density at radius 3 is 2.73 bits per heavy atom. The second-order valence-corrected chi connectivity index (χ2v) is 3.54. The molecule has 1 aliphatic rings. The number of carbonyl (C=O) groups excluding carboxylic acids is 3. The van der Waals surface area contributed by atoms with Crippen molar-refractivity contribution in [2.24, 2.45) is 0 Å². The SMILES string of the molecule is CCOC(=O)/C=C1\SC(=O)C(=O)\C1=C\O. The molecule has 1 aliphatic heterocycles. The van der Waals surface area contributed by atoms with Gasteiger partial charge in [-0.25, -0.2) is 4.79 Å². The first-order valence-electron chi connectivity index (χ1n) is 4.09. The van der Waals surface area contributed by atoms with E-state index in [1.54, 1.807) is 6.92 Å². The van der Waals surface area contributed by atoms with E-state index in [0.29, 0.717) is 18.0 Å². The highest BCUT2D eigenvalue weighted by Gasteiger charge is 2.33. The third kappa shape index (κ3) is 2.47. The fourth-order valence-corrected chi connectivity index (χ4v) is 1.76. The quantitative estimate of drug-likeness (QED) is 0.324. The number of ketones is 1. The molecule has 1 rings (SSSR count). The first kappa shape index (κ1) is 11.5. The highest BCUT2D eigenvalue weighted by Crippen LogP contribution is 2.33. The lowest BCUT2D eigenvalue weighted by atomic mass is 10.2. The maximum Gasteiger partial charge on any atom is 0.331 e. The van der Waals surface area contributed by atoms with Gasteiger partial charge >= 0.3 is 5.97 Å². The van der Waals surface area contributed by atoms with E-state index in [2.05, 4.69) is 4.74 Å². The molecule has 0 aliphatic carbocycles. The average molecular weight is 228 g/mol. The second-order valence-electron chi connectivity index (χ2n) is 2.52. The van der Waals surface area contributed by atoms with E-state index < -0.39 is 16.9 Å². The van der Waals surface area contributed by atoms with Crippen LogP contribution in [0.2, 0.25) is 0 Å². The lowest BCUT2D eigenvalue weighted by molar-refractivity contribution is -0.137. The van der Waals surface area contributed by atoms with Gasteiger partial charge < -0.3 is 9.84 Å². The number of rotatable bonds is 2. The van der Waals surface area contributed by atoms with Crippen LogP contribution in [0.4, 0.5) is 0 Å². The fraction of sp³-hybridized carbons (Fsp3) is 0.222. The summed E-state index contributed by atoms with van der Waals surface area (Å²) in [6, 6.07) is 0. The first-order chi connectivity index (χ1) is 7.10. The van der Waals surface area contributed by atoms with E-state index in [1.807, 2.05) is 0 Å². The van der Waals surface area contributed by atoms with Crippen LogP contribution in [0.3, 0.4) is 0 Å². The highest BCUT2D eigenvalue weighted by molar-refractivity contribution is 8.20. The number of Topliss-reactive ketones (excluding diaryl/α,β-unsaturated/α-hetero) is 1. The van der Waals surface area contributed by atoms with Gasteiger partial charge in [-0.15, -0.1) is 0 Å². The molecule has 0 amide bonds. The van der Waals surface area contributed by atoms with Crippen molar-refractivity contribution in [2.45, 2.75) is 6.92 Å². The predicted molar refractivity (Wildman–Crippen MR) is 53.0 cm³/mol. The third-order valence-electron chi connectivity index (χ3n) is 1.56. The number of hydrogen-bond donors (Lipinski definition) is 1. The summed E-state index contributed by atoms with van der Waals surface area (Å²) in [5.41, 5.74) is -0.168. The lowest BCUT2D eigenvalue weighted by Gasteiger charge is -1.97. The minimum Gasteiger partial charge on any atom is -0.515 e. The zero-order chi connectivity index (χ0) is 11.4. The molecule has 1 N–H and O–H groups in total. The number of ether oxygens (including phenoxy) is 1. The van der Waals surface area contributed by atoms with Crippen LogP contribution >= 0.6 is 11.8 Å². The molecule has 0 saturated carbocycles. The summed E-state index contributed by atoms with van der Waals surface area (Å²) in [5.74, 6) is -1.46. The summed E-state index contributed by atoms with van der Waals surface area (Å²) in [4.78, 5) is 33.2. The number of aliphatic hydroxyl groups excluding tert-OH is 1. The zero-order valence-corrected chi connectivity index (χ0v) is 8.67. The second kappa shape index (κ2) is 4.79. The summed E-state index contributed by atoms with van der Waals surface area (Å²) in [6.07, 6.45) is 1.53. The third-order valence-corrected chi connectivity index (χ3v) is 2.49. The van der Waals surface area contributed by atoms with Crippen LogP contribution in [-0.4, -0.2) is 28.6 Å². The van der Waals surface area contributed by atoms with Crippen LogP contribution in [0, 0.1) is 0 Å². The van der Waals surface area contributed by atoms with Crippen LogP contribution in [0.5, 0.6) is 0 Å². The van der Waals surface area contributed by atoms with Crippen LogP contribution in [0.15, 0.2) is 22.8 Å². The molecule has 6 heteroatoms. The monoisotopic (exact) mass is 228 g/mol. The van der Waals surface area contributed by atoms with E-state index in [9.17, 15) is 14.4 Å². The minimum absolute atomic E-state index is 0.117. The van der Waals surface area contributed by atoms with E-state index in [1.165, 1.54) is 0 Å². The standard InChI is InChI=1S/C9H8O5S/c1-2-14-7(11)3-6-5(4-10)8(12)9(13)15-6/h3-4,10H,2H2,1H3/b5-4+,6-3-. The number of carbonyl (C=O) groups is 3. The van der Waals surface area contributed by atoms with Crippen LogP contribution < -0.4 is 0 Å². The van der Waals surface area contributed by atoms with Crippen molar-refractivity contribution in [3.8, 4) is 0 Å². The smallest absolute Gasteiger partial charge is 0.331 e. The normalized spacial score (nSPS) is 21.4. The summed E-state index contributed by atoms with van der Waals surface area (Å²) in [7, 11) is 0. The first-order valence-corrected chi connectivity index (χ1v) is 4.91. The Morgan fingerprint density at radius 1 is 1.53 bits per heavy atom. The molecule has 0 aromatic carbocycles. The zero-order valence-electron chi connectivity index (χ0n) is 7.85. The van der Waals surface area contributed by atoms with Crippen molar-refractivity contribution in [1.29, 1.82) is 0 Å². The molecule has 0 spiro atoms. The van der Waals surface area contributed by atoms with Gasteiger partial charge in [0.15, 0.2) is 0 Å². The van der Waals surface area contributed by atoms with E-state index in [-0.39, 0.29) is 17.1 Å². The molecule has 5 nitrogen and oxygen atoms in total. The Balaban J connectivity index is 2.92. The molecule has 0 aromatic rings. The fourth-order valence-electron chi connectivity index (χ4n) is 0.943. The molecule has 1 fully saturated rings. The van der Waals surface area contributed by atoms with E-state index in [0.717, 1.165) is 6.08 Å². The Hall–Kier alpha value is -1.56. The van der Waals surface area contributed by atoms with Gasteiger partial charge in [0.05, 0.1) is 18.4 Å². The number of allylic oxidation sites excluding steroid dienone is 1. The number of hydrogen-bond acceptors (Lipinski definition) is 6. The van der Waals surface area contributed by atoms with Crippen molar-refractivity contribution in [3.63, 3.8) is 0 Å². The average Bonchev–Trinajstić information content (AvgIpc) is 2.42. The minimum atomic E-state index is -0.807. The van der Waals surface area contributed by atoms with Crippen molar-refractivity contribution in [1.82, 2.24) is 0 Å². The molecular formula is C9H8O5S. The summed E-state index contributed by atoms with van der Waals surface area (Å²) < 4.78 is 4.61. The number of esters is 1. The Morgan fingerprint density at radius 2 is 2.20 bits per heavy atom. The Labute approximate surface area is 89.8 Å². The number of thioether (sulfide) groups is 1. The highest BCUT2D eigenvalue weighted by atomic mass is 32.2. The summed E-state index contributed by atoms with van der Waals surface area (Å²) in [5, 5.41) is 8.01. The van der Waals surface area contributed by atoms with Gasteiger partial charge in [0.25, 0.3) is 5.12 Å². The van der Waals surface area contributed by atoms with E-state index in [4.69, 9.17) is 5.11 Å². The maximum absolute atomic E-state index is 11.1. The van der Waals surface area contributed by atoms with Gasteiger partial charge in [0.1, 0.15) is 0 Å². The van der Waals surface area contributed by atoms with Gasteiger partial charge in [-0.2, -0.15) is 0 Å². The molecule has 15 heavy (non-hydrogen) atoms. The maximum atomic E-state index is 11.1. The van der Waals surface area contributed by atoms with Gasteiger partial charge in [-0.1, -0.05) is 0 Å². The molecule has 80 valence electrons. The van der Waals surface area contributed by atoms with Crippen LogP contribution in [0.1, 0.15) is 6.92 Å². The van der Waals surface area contributed by atoms with Crippen molar-refractivity contribution in [2.75, 3.05) is 6.61 Å². The Kier molecular flexibility index (Phi) is 3.68.